The number of carbonyl (C=O) groups excluding carboxylic acids is 1. The predicted molar refractivity (Wildman–Crippen MR) is 88.0 cm³/mol. The lowest BCUT2D eigenvalue weighted by Crippen LogP contribution is -2.46. The van der Waals surface area contributed by atoms with Crippen LogP contribution in [0.1, 0.15) is 81.0 Å². The first-order valence-corrected chi connectivity index (χ1v) is 8.89. The number of hydrogen-bond acceptors (Lipinski definition) is 2. The van der Waals surface area contributed by atoms with E-state index in [4.69, 9.17) is 0 Å². The van der Waals surface area contributed by atoms with Crippen LogP contribution in [0.25, 0.3) is 0 Å². The molecule has 1 aliphatic heterocycles. The second-order valence-electron chi connectivity index (χ2n) is 7.75. The van der Waals surface area contributed by atoms with Crippen molar-refractivity contribution in [2.45, 2.75) is 77.7 Å². The van der Waals surface area contributed by atoms with Crippen molar-refractivity contribution in [1.29, 1.82) is 0 Å². The van der Waals surface area contributed by atoms with Crippen LogP contribution in [0.15, 0.2) is 0 Å². The van der Waals surface area contributed by atoms with Crippen LogP contribution in [0.3, 0.4) is 0 Å². The fourth-order valence-corrected chi connectivity index (χ4v) is 4.42. The van der Waals surface area contributed by atoms with Gasteiger partial charge in [-0.05, 0) is 57.8 Å². The van der Waals surface area contributed by atoms with Gasteiger partial charge in [0.1, 0.15) is 0 Å². The van der Waals surface area contributed by atoms with Crippen molar-refractivity contribution in [1.82, 2.24) is 15.1 Å². The van der Waals surface area contributed by atoms with Gasteiger partial charge in [-0.25, -0.2) is 0 Å². The number of aromatic amines is 1. The molecule has 2 aliphatic rings. The molecular formula is C18H29N3O. The number of hydrogen-bond donors (Lipinski definition) is 1. The minimum absolute atomic E-state index is 0.00180. The standard InChI is InChI=1S/C18H29N3O/c1-13(2)12-18(3)10-7-11-21(18)17(22)16-14-8-5-4-6-9-15(14)19-20-16/h13H,4-12H2,1-3H3,(H,19,20). The summed E-state index contributed by atoms with van der Waals surface area (Å²) in [5.74, 6) is 0.759. The van der Waals surface area contributed by atoms with E-state index in [1.807, 2.05) is 0 Å². The predicted octanol–water partition coefficient (Wildman–Crippen LogP) is 3.72. The van der Waals surface area contributed by atoms with Crippen molar-refractivity contribution in [2.24, 2.45) is 5.92 Å². The zero-order valence-electron chi connectivity index (χ0n) is 14.2. The quantitative estimate of drug-likeness (QED) is 0.865. The number of nitrogens with zero attached hydrogens (tertiary/aromatic N) is 2. The van der Waals surface area contributed by atoms with Crippen molar-refractivity contribution in [3.05, 3.63) is 17.0 Å². The van der Waals surface area contributed by atoms with Gasteiger partial charge >= 0.3 is 0 Å². The molecule has 22 heavy (non-hydrogen) atoms. The summed E-state index contributed by atoms with van der Waals surface area (Å²) in [6.07, 6.45) is 8.98. The fourth-order valence-electron chi connectivity index (χ4n) is 4.42. The molecule has 1 aliphatic carbocycles. The molecule has 0 saturated carbocycles. The third-order valence-electron chi connectivity index (χ3n) is 5.35. The molecule has 0 aromatic carbocycles. The maximum atomic E-state index is 13.1. The van der Waals surface area contributed by atoms with Crippen molar-refractivity contribution in [3.8, 4) is 0 Å². The van der Waals surface area contributed by atoms with Crippen molar-refractivity contribution in [3.63, 3.8) is 0 Å². The highest BCUT2D eigenvalue weighted by molar-refractivity contribution is 5.94. The molecule has 1 saturated heterocycles. The van der Waals surface area contributed by atoms with Gasteiger partial charge in [-0.1, -0.05) is 20.3 Å². The van der Waals surface area contributed by atoms with E-state index in [0.717, 1.165) is 38.6 Å². The van der Waals surface area contributed by atoms with Crippen LogP contribution in [0, 0.1) is 5.92 Å². The number of H-pyrrole nitrogens is 1. The van der Waals surface area contributed by atoms with Crippen LogP contribution < -0.4 is 0 Å². The molecular weight excluding hydrogens is 274 g/mol. The summed E-state index contributed by atoms with van der Waals surface area (Å²) in [5.41, 5.74) is 3.10. The van der Waals surface area contributed by atoms with Gasteiger partial charge in [-0.3, -0.25) is 9.89 Å². The van der Waals surface area contributed by atoms with Crippen LogP contribution in [0.2, 0.25) is 0 Å². The molecule has 2 heterocycles. The Labute approximate surface area is 133 Å². The molecule has 1 amide bonds. The smallest absolute Gasteiger partial charge is 0.275 e. The zero-order valence-corrected chi connectivity index (χ0v) is 14.2. The first-order valence-electron chi connectivity index (χ1n) is 8.89. The van der Waals surface area contributed by atoms with Crippen molar-refractivity contribution >= 4 is 5.91 Å². The number of aryl methyl sites for hydroxylation is 1. The third-order valence-corrected chi connectivity index (χ3v) is 5.35. The average Bonchev–Trinajstić information content (AvgIpc) is 2.94. The number of fused-ring (bicyclic) bond motifs is 1. The lowest BCUT2D eigenvalue weighted by Gasteiger charge is -2.36. The van der Waals surface area contributed by atoms with Gasteiger partial charge in [0.05, 0.1) is 0 Å². The number of likely N-dealkylation sites (tertiary alicyclic amines) is 1. The Balaban J connectivity index is 1.86. The summed E-state index contributed by atoms with van der Waals surface area (Å²) in [7, 11) is 0. The normalized spacial score (nSPS) is 25.4. The highest BCUT2D eigenvalue weighted by Crippen LogP contribution is 2.36. The number of rotatable bonds is 3. The second-order valence-corrected chi connectivity index (χ2v) is 7.75. The number of carbonyl (C=O) groups is 1. The Hall–Kier alpha value is -1.32. The molecule has 0 radical (unpaired) electrons. The summed E-state index contributed by atoms with van der Waals surface area (Å²) >= 11 is 0. The SMILES string of the molecule is CC(C)CC1(C)CCCN1C(=O)c1n[nH]c2c1CCCCC2. The maximum Gasteiger partial charge on any atom is 0.275 e. The summed E-state index contributed by atoms with van der Waals surface area (Å²) in [5, 5.41) is 7.55. The maximum absolute atomic E-state index is 13.1. The summed E-state index contributed by atoms with van der Waals surface area (Å²) in [4.78, 5) is 15.2. The molecule has 4 heteroatoms. The Morgan fingerprint density at radius 1 is 1.27 bits per heavy atom. The molecule has 4 nitrogen and oxygen atoms in total. The summed E-state index contributed by atoms with van der Waals surface area (Å²) in [6, 6.07) is 0. The van der Waals surface area contributed by atoms with Gasteiger partial charge in [0, 0.05) is 23.3 Å². The molecule has 1 atom stereocenters. The van der Waals surface area contributed by atoms with Crippen LogP contribution in [0.4, 0.5) is 0 Å². The molecule has 1 fully saturated rings. The van der Waals surface area contributed by atoms with Gasteiger partial charge in [-0.2, -0.15) is 5.10 Å². The Morgan fingerprint density at radius 3 is 2.82 bits per heavy atom. The van der Waals surface area contributed by atoms with Gasteiger partial charge in [0.15, 0.2) is 5.69 Å². The molecule has 1 unspecified atom stereocenters. The number of aromatic nitrogens is 2. The fraction of sp³-hybridized carbons (Fsp3) is 0.778. The van der Waals surface area contributed by atoms with Crippen LogP contribution in [-0.2, 0) is 12.8 Å². The summed E-state index contributed by atoms with van der Waals surface area (Å²) < 4.78 is 0. The first-order chi connectivity index (χ1) is 10.5. The van der Waals surface area contributed by atoms with Crippen LogP contribution in [0.5, 0.6) is 0 Å². The topological polar surface area (TPSA) is 49.0 Å². The molecule has 0 spiro atoms. The molecule has 1 N–H and O–H groups in total. The lowest BCUT2D eigenvalue weighted by atomic mass is 9.88. The Bertz CT molecular complexity index is 549. The average molecular weight is 303 g/mol. The molecule has 1 aromatic rings. The molecule has 3 rings (SSSR count). The minimum atomic E-state index is 0.00180. The van der Waals surface area contributed by atoms with Gasteiger partial charge in [0.25, 0.3) is 5.91 Å². The van der Waals surface area contributed by atoms with E-state index in [9.17, 15) is 4.79 Å². The number of amides is 1. The minimum Gasteiger partial charge on any atom is -0.332 e. The summed E-state index contributed by atoms with van der Waals surface area (Å²) in [6.45, 7) is 7.62. The van der Waals surface area contributed by atoms with Crippen LogP contribution in [-0.4, -0.2) is 33.1 Å². The first kappa shape index (κ1) is 15.6. The van der Waals surface area contributed by atoms with E-state index in [1.165, 1.54) is 30.5 Å². The van der Waals surface area contributed by atoms with Gasteiger partial charge in [-0.15, -0.1) is 0 Å². The van der Waals surface area contributed by atoms with E-state index < -0.39 is 0 Å². The monoisotopic (exact) mass is 303 g/mol. The Morgan fingerprint density at radius 2 is 2.05 bits per heavy atom. The third kappa shape index (κ3) is 2.80. The molecule has 1 aromatic heterocycles. The van der Waals surface area contributed by atoms with Crippen molar-refractivity contribution < 1.29 is 4.79 Å². The van der Waals surface area contributed by atoms with E-state index >= 15 is 0 Å². The van der Waals surface area contributed by atoms with Gasteiger partial charge in [0.2, 0.25) is 0 Å². The number of nitrogens with one attached hydrogen (secondary N) is 1. The highest BCUT2D eigenvalue weighted by Gasteiger charge is 2.41. The molecule has 122 valence electrons. The van der Waals surface area contributed by atoms with E-state index in [-0.39, 0.29) is 11.4 Å². The Kier molecular flexibility index (Phi) is 4.28. The largest absolute Gasteiger partial charge is 0.332 e. The van der Waals surface area contributed by atoms with E-state index in [1.54, 1.807) is 0 Å². The second kappa shape index (κ2) is 6.05. The lowest BCUT2D eigenvalue weighted by molar-refractivity contribution is 0.0579. The highest BCUT2D eigenvalue weighted by atomic mass is 16.2. The van der Waals surface area contributed by atoms with Crippen molar-refractivity contribution in [2.75, 3.05) is 6.54 Å². The molecule has 0 bridgehead atoms. The van der Waals surface area contributed by atoms with E-state index in [2.05, 4.69) is 35.9 Å². The zero-order chi connectivity index (χ0) is 15.7. The van der Waals surface area contributed by atoms with E-state index in [0.29, 0.717) is 11.6 Å². The van der Waals surface area contributed by atoms with Gasteiger partial charge < -0.3 is 4.90 Å². The van der Waals surface area contributed by atoms with Crippen LogP contribution >= 0.6 is 0 Å².